The molecule has 0 spiro atoms. The molecule has 0 atom stereocenters. The van der Waals surface area contributed by atoms with E-state index in [-0.39, 0.29) is 9.09 Å². The molecule has 0 aromatic carbocycles. The van der Waals surface area contributed by atoms with Crippen LogP contribution >= 0.6 is 11.3 Å². The third-order valence-corrected chi connectivity index (χ3v) is 5.77. The van der Waals surface area contributed by atoms with Gasteiger partial charge in [0.05, 0.1) is 17.1 Å². The Balaban J connectivity index is 2.41. The lowest BCUT2D eigenvalue weighted by Gasteiger charge is -2.05. The molecule has 0 unspecified atom stereocenters. The van der Waals surface area contributed by atoms with E-state index in [2.05, 4.69) is 14.9 Å². The Morgan fingerprint density at radius 2 is 2.05 bits per heavy atom. The number of anilines is 1. The molecule has 0 amide bonds. The summed E-state index contributed by atoms with van der Waals surface area (Å²) in [5.74, 6) is -1.13. The smallest absolute Gasteiger partial charge is 0.346 e. The first-order valence-corrected chi connectivity index (χ1v) is 7.90. The van der Waals surface area contributed by atoms with Crippen LogP contribution in [0.3, 0.4) is 0 Å². The van der Waals surface area contributed by atoms with E-state index < -0.39 is 16.0 Å². The van der Waals surface area contributed by atoms with Crippen molar-refractivity contribution in [1.29, 1.82) is 0 Å². The largest absolute Gasteiger partial charge is 0.477 e. The Kier molecular flexibility index (Phi) is 3.57. The summed E-state index contributed by atoms with van der Waals surface area (Å²) in [6.07, 6.45) is 0. The first-order valence-electron chi connectivity index (χ1n) is 5.60. The molecule has 0 aliphatic carbocycles. The molecule has 9 heteroatoms. The summed E-state index contributed by atoms with van der Waals surface area (Å²) in [5, 5.41) is 15.6. The second kappa shape index (κ2) is 4.91. The predicted octanol–water partition coefficient (Wildman–Crippen LogP) is 1.90. The zero-order valence-corrected chi connectivity index (χ0v) is 12.6. The van der Waals surface area contributed by atoms with Gasteiger partial charge in [0.1, 0.15) is 9.09 Å². The van der Waals surface area contributed by atoms with Crippen molar-refractivity contribution in [2.75, 3.05) is 4.72 Å². The van der Waals surface area contributed by atoms with Crippen LogP contribution in [-0.2, 0) is 10.0 Å². The number of carboxylic acid groups (broad SMARTS) is 1. The van der Waals surface area contributed by atoms with Gasteiger partial charge in [-0.1, -0.05) is 0 Å². The van der Waals surface area contributed by atoms with Crippen LogP contribution in [-0.4, -0.2) is 29.7 Å². The van der Waals surface area contributed by atoms with Gasteiger partial charge in [-0.2, -0.15) is 5.10 Å². The predicted molar refractivity (Wildman–Crippen MR) is 74.9 cm³/mol. The van der Waals surface area contributed by atoms with E-state index in [1.54, 1.807) is 20.8 Å². The van der Waals surface area contributed by atoms with Gasteiger partial charge in [-0.05, 0) is 32.4 Å². The van der Waals surface area contributed by atoms with Crippen LogP contribution < -0.4 is 4.72 Å². The van der Waals surface area contributed by atoms with E-state index in [9.17, 15) is 13.2 Å². The number of nitrogens with zero attached hydrogens (tertiary/aromatic N) is 1. The van der Waals surface area contributed by atoms with Crippen molar-refractivity contribution in [3.63, 3.8) is 0 Å². The minimum atomic E-state index is -3.82. The quantitative estimate of drug-likeness (QED) is 0.797. The highest BCUT2D eigenvalue weighted by Gasteiger charge is 2.23. The average molecular weight is 315 g/mol. The summed E-state index contributed by atoms with van der Waals surface area (Å²) >= 11 is 0.727. The molecule has 0 radical (unpaired) electrons. The summed E-state index contributed by atoms with van der Waals surface area (Å²) in [6.45, 7) is 4.93. The number of aromatic amines is 1. The number of thiophene rings is 1. The van der Waals surface area contributed by atoms with Crippen LogP contribution in [0.25, 0.3) is 0 Å². The van der Waals surface area contributed by atoms with Crippen molar-refractivity contribution >= 4 is 33.0 Å². The Hall–Kier alpha value is -1.87. The van der Waals surface area contributed by atoms with Gasteiger partial charge in [0.15, 0.2) is 0 Å². The van der Waals surface area contributed by atoms with Crippen molar-refractivity contribution in [2.45, 2.75) is 25.0 Å². The maximum atomic E-state index is 12.3. The van der Waals surface area contributed by atoms with E-state index >= 15 is 0 Å². The summed E-state index contributed by atoms with van der Waals surface area (Å²) in [5.41, 5.74) is 1.92. The standard InChI is InChI=1S/C11H13N3O4S2/c1-5-4-8(19-10(5)11(15)16)20(17,18)14-9-6(2)12-13-7(9)3/h4,14H,1-3H3,(H,12,13)(H,15,16). The third-order valence-electron chi connectivity index (χ3n) is 2.72. The molecule has 0 saturated heterocycles. The summed E-state index contributed by atoms with van der Waals surface area (Å²) < 4.78 is 26.9. The molecule has 0 aliphatic rings. The van der Waals surface area contributed by atoms with Crippen molar-refractivity contribution in [2.24, 2.45) is 0 Å². The highest BCUT2D eigenvalue weighted by molar-refractivity contribution is 7.94. The molecule has 2 heterocycles. The van der Waals surface area contributed by atoms with E-state index in [0.717, 1.165) is 11.3 Å². The maximum Gasteiger partial charge on any atom is 0.346 e. The molecular formula is C11H13N3O4S2. The summed E-state index contributed by atoms with van der Waals surface area (Å²) in [6, 6.07) is 1.35. The number of carbonyl (C=O) groups is 1. The number of sulfonamides is 1. The Morgan fingerprint density at radius 3 is 2.50 bits per heavy atom. The first kappa shape index (κ1) is 14.5. The van der Waals surface area contributed by atoms with Gasteiger partial charge in [0.2, 0.25) is 0 Å². The number of aromatic carboxylic acids is 1. The fraction of sp³-hybridized carbons (Fsp3) is 0.273. The molecule has 0 bridgehead atoms. The van der Waals surface area contributed by atoms with Crippen LogP contribution in [0.2, 0.25) is 0 Å². The number of rotatable bonds is 4. The first-order chi connectivity index (χ1) is 9.22. The second-order valence-corrected chi connectivity index (χ2v) is 7.26. The summed E-state index contributed by atoms with van der Waals surface area (Å²) in [4.78, 5) is 11.0. The molecule has 2 rings (SSSR count). The molecule has 7 nitrogen and oxygen atoms in total. The normalized spacial score (nSPS) is 11.6. The Morgan fingerprint density at radius 1 is 1.40 bits per heavy atom. The topological polar surface area (TPSA) is 112 Å². The summed E-state index contributed by atoms with van der Waals surface area (Å²) in [7, 11) is -3.82. The fourth-order valence-electron chi connectivity index (χ4n) is 1.68. The molecule has 20 heavy (non-hydrogen) atoms. The van der Waals surface area contributed by atoms with Crippen molar-refractivity contribution in [3.05, 3.63) is 27.9 Å². The van der Waals surface area contributed by atoms with Crippen LogP contribution in [0, 0.1) is 20.8 Å². The average Bonchev–Trinajstić information content (AvgIpc) is 2.87. The molecular weight excluding hydrogens is 302 g/mol. The van der Waals surface area contributed by atoms with Gasteiger partial charge in [0.25, 0.3) is 10.0 Å². The minimum Gasteiger partial charge on any atom is -0.477 e. The zero-order valence-electron chi connectivity index (χ0n) is 11.0. The van der Waals surface area contributed by atoms with Crippen LogP contribution in [0.5, 0.6) is 0 Å². The monoisotopic (exact) mass is 315 g/mol. The Bertz CT molecular complexity index is 754. The number of aromatic nitrogens is 2. The van der Waals surface area contributed by atoms with Gasteiger partial charge in [-0.15, -0.1) is 11.3 Å². The van der Waals surface area contributed by atoms with E-state index in [4.69, 9.17) is 5.11 Å². The number of H-pyrrole nitrogens is 1. The van der Waals surface area contributed by atoms with Crippen molar-refractivity contribution in [1.82, 2.24) is 10.2 Å². The van der Waals surface area contributed by atoms with E-state index in [1.165, 1.54) is 6.07 Å². The number of nitrogens with one attached hydrogen (secondary N) is 2. The molecule has 0 saturated carbocycles. The van der Waals surface area contributed by atoms with Crippen molar-refractivity contribution < 1.29 is 18.3 Å². The fourth-order valence-corrected chi connectivity index (χ4v) is 4.24. The highest BCUT2D eigenvalue weighted by Crippen LogP contribution is 2.28. The molecule has 2 aromatic heterocycles. The highest BCUT2D eigenvalue weighted by atomic mass is 32.2. The number of aryl methyl sites for hydroxylation is 3. The Labute approximate surface area is 119 Å². The van der Waals surface area contributed by atoms with E-state index in [1.807, 2.05) is 0 Å². The lowest BCUT2D eigenvalue weighted by molar-refractivity contribution is 0.0701. The van der Waals surface area contributed by atoms with Gasteiger partial charge in [0, 0.05) is 0 Å². The zero-order chi connectivity index (χ0) is 15.1. The van der Waals surface area contributed by atoms with Crippen LogP contribution in [0.1, 0.15) is 26.6 Å². The van der Waals surface area contributed by atoms with Crippen molar-refractivity contribution in [3.8, 4) is 0 Å². The number of carboxylic acids is 1. The minimum absolute atomic E-state index is 0.0195. The number of hydrogen-bond donors (Lipinski definition) is 3. The molecule has 2 aromatic rings. The van der Waals surface area contributed by atoms with Crippen LogP contribution in [0.15, 0.2) is 10.3 Å². The van der Waals surface area contributed by atoms with Gasteiger partial charge >= 0.3 is 5.97 Å². The lowest BCUT2D eigenvalue weighted by atomic mass is 10.3. The molecule has 0 aliphatic heterocycles. The number of hydrogen-bond acceptors (Lipinski definition) is 5. The van der Waals surface area contributed by atoms with Gasteiger partial charge < -0.3 is 5.11 Å². The second-order valence-electron chi connectivity index (χ2n) is 4.30. The molecule has 3 N–H and O–H groups in total. The SMILES string of the molecule is Cc1cc(S(=O)(=O)Nc2c(C)n[nH]c2C)sc1C(=O)O. The van der Waals surface area contributed by atoms with Crippen LogP contribution in [0.4, 0.5) is 5.69 Å². The maximum absolute atomic E-state index is 12.3. The van der Waals surface area contributed by atoms with Gasteiger partial charge in [-0.25, -0.2) is 13.2 Å². The molecule has 108 valence electrons. The third kappa shape index (κ3) is 2.54. The van der Waals surface area contributed by atoms with Gasteiger partial charge in [-0.3, -0.25) is 9.82 Å². The molecule has 0 fully saturated rings. The van der Waals surface area contributed by atoms with E-state index in [0.29, 0.717) is 22.6 Å². The lowest BCUT2D eigenvalue weighted by Crippen LogP contribution is -2.12.